The summed E-state index contributed by atoms with van der Waals surface area (Å²) in [5.41, 5.74) is 3.88. The average Bonchev–Trinajstić information content (AvgIpc) is 3.13. The summed E-state index contributed by atoms with van der Waals surface area (Å²) in [6, 6.07) is 18.9. The standard InChI is InChI=1S/C24H18Cl2N2O3/c25-15-3-8-18(9-4-15)31-24(30)28-12-11-19-20-13-16(26)5-10-21(20)27-22(19)23(28)14-1-6-17(29)7-2-14/h1-10,13,23,27,29H,11-12H2. The Hall–Kier alpha value is -3.15. The number of aromatic hydroxyl groups is 1. The molecule has 5 nitrogen and oxygen atoms in total. The molecule has 0 saturated heterocycles. The van der Waals surface area contributed by atoms with Crippen LogP contribution < -0.4 is 4.74 Å². The fourth-order valence-corrected chi connectivity index (χ4v) is 4.42. The summed E-state index contributed by atoms with van der Waals surface area (Å²) in [6.07, 6.45) is 0.211. The first-order chi connectivity index (χ1) is 15.0. The number of rotatable bonds is 2. The minimum atomic E-state index is -0.456. The highest BCUT2D eigenvalue weighted by Gasteiger charge is 2.35. The highest BCUT2D eigenvalue weighted by molar-refractivity contribution is 6.31. The highest BCUT2D eigenvalue weighted by atomic mass is 35.5. The Morgan fingerprint density at radius 2 is 1.71 bits per heavy atom. The minimum Gasteiger partial charge on any atom is -0.508 e. The Bertz CT molecular complexity index is 1270. The van der Waals surface area contributed by atoms with Gasteiger partial charge in [-0.25, -0.2) is 4.79 Å². The third-order valence-corrected chi connectivity index (χ3v) is 6.04. The Labute approximate surface area is 188 Å². The molecule has 0 radical (unpaired) electrons. The Morgan fingerprint density at radius 3 is 2.45 bits per heavy atom. The number of aromatic nitrogens is 1. The zero-order valence-corrected chi connectivity index (χ0v) is 17.8. The van der Waals surface area contributed by atoms with Crippen molar-refractivity contribution in [2.24, 2.45) is 0 Å². The topological polar surface area (TPSA) is 65.6 Å². The first-order valence-corrected chi connectivity index (χ1v) is 10.6. The van der Waals surface area contributed by atoms with Gasteiger partial charge in [-0.2, -0.15) is 0 Å². The van der Waals surface area contributed by atoms with Crippen molar-refractivity contribution in [1.82, 2.24) is 9.88 Å². The number of H-pyrrole nitrogens is 1. The van der Waals surface area contributed by atoms with Gasteiger partial charge in [-0.15, -0.1) is 0 Å². The van der Waals surface area contributed by atoms with E-state index in [0.29, 0.717) is 28.8 Å². The molecule has 2 N–H and O–H groups in total. The van der Waals surface area contributed by atoms with E-state index in [1.807, 2.05) is 30.3 Å². The Morgan fingerprint density at radius 1 is 1.00 bits per heavy atom. The van der Waals surface area contributed by atoms with Crippen molar-refractivity contribution in [2.75, 3.05) is 6.54 Å². The molecule has 5 rings (SSSR count). The molecule has 1 aromatic heterocycles. The molecular formula is C24H18Cl2N2O3. The molecule has 31 heavy (non-hydrogen) atoms. The van der Waals surface area contributed by atoms with Crippen molar-refractivity contribution < 1.29 is 14.6 Å². The maximum atomic E-state index is 13.2. The molecule has 1 amide bonds. The van der Waals surface area contributed by atoms with Gasteiger partial charge in [0.15, 0.2) is 0 Å². The van der Waals surface area contributed by atoms with E-state index in [-0.39, 0.29) is 5.75 Å². The Kier molecular flexibility index (Phi) is 5.00. The third kappa shape index (κ3) is 3.71. The SMILES string of the molecule is O=C(Oc1ccc(Cl)cc1)N1CCc2c([nH]c3ccc(Cl)cc23)C1c1ccc(O)cc1. The number of ether oxygens (including phenoxy) is 1. The van der Waals surface area contributed by atoms with E-state index in [9.17, 15) is 9.90 Å². The summed E-state index contributed by atoms with van der Waals surface area (Å²) < 4.78 is 5.64. The van der Waals surface area contributed by atoms with Gasteiger partial charge < -0.3 is 14.8 Å². The molecule has 1 aliphatic rings. The molecule has 7 heteroatoms. The summed E-state index contributed by atoms with van der Waals surface area (Å²) in [5.74, 6) is 0.589. The molecule has 1 aliphatic heterocycles. The molecule has 3 aromatic carbocycles. The molecule has 0 spiro atoms. The number of nitrogens with zero attached hydrogens (tertiary/aromatic N) is 1. The predicted octanol–water partition coefficient (Wildman–Crippen LogP) is 6.33. The van der Waals surface area contributed by atoms with Crippen LogP contribution in [0.3, 0.4) is 0 Å². The van der Waals surface area contributed by atoms with Crippen molar-refractivity contribution in [3.8, 4) is 11.5 Å². The highest BCUT2D eigenvalue weighted by Crippen LogP contribution is 2.39. The number of hydrogen-bond acceptors (Lipinski definition) is 3. The molecule has 0 fully saturated rings. The number of benzene rings is 3. The lowest BCUT2D eigenvalue weighted by atomic mass is 9.92. The third-order valence-electron chi connectivity index (χ3n) is 5.55. The van der Waals surface area contributed by atoms with Gasteiger partial charge in [0, 0.05) is 33.2 Å². The van der Waals surface area contributed by atoms with Crippen LogP contribution in [0.4, 0.5) is 4.79 Å². The largest absolute Gasteiger partial charge is 0.508 e. The zero-order valence-electron chi connectivity index (χ0n) is 16.3. The van der Waals surface area contributed by atoms with Gasteiger partial charge in [-0.3, -0.25) is 4.90 Å². The number of nitrogens with one attached hydrogen (secondary N) is 1. The number of carbonyl (C=O) groups excluding carboxylic acids is 1. The predicted molar refractivity (Wildman–Crippen MR) is 121 cm³/mol. The first kappa shape index (κ1) is 19.8. The fraction of sp³-hybridized carbons (Fsp3) is 0.125. The van der Waals surface area contributed by atoms with Crippen LogP contribution in [0.2, 0.25) is 10.0 Å². The van der Waals surface area contributed by atoms with E-state index in [1.54, 1.807) is 41.3 Å². The number of fused-ring (bicyclic) bond motifs is 3. The van der Waals surface area contributed by atoms with Gasteiger partial charge in [-0.05, 0) is 72.1 Å². The van der Waals surface area contributed by atoms with E-state index >= 15 is 0 Å². The number of halogens is 2. The maximum absolute atomic E-state index is 13.2. The molecule has 0 aliphatic carbocycles. The van der Waals surface area contributed by atoms with Crippen LogP contribution in [-0.2, 0) is 6.42 Å². The van der Waals surface area contributed by atoms with Crippen LogP contribution in [-0.4, -0.2) is 27.6 Å². The monoisotopic (exact) mass is 452 g/mol. The van der Waals surface area contributed by atoms with Crippen LogP contribution in [0.15, 0.2) is 66.7 Å². The number of amides is 1. The Balaban J connectivity index is 1.58. The fourth-order valence-electron chi connectivity index (χ4n) is 4.12. The molecule has 0 bridgehead atoms. The lowest BCUT2D eigenvalue weighted by Crippen LogP contribution is -2.42. The van der Waals surface area contributed by atoms with Crippen LogP contribution in [0.25, 0.3) is 10.9 Å². The summed E-state index contributed by atoms with van der Waals surface area (Å²) in [6.45, 7) is 0.477. The van der Waals surface area contributed by atoms with E-state index in [1.165, 1.54) is 0 Å². The van der Waals surface area contributed by atoms with Gasteiger partial charge in [-0.1, -0.05) is 35.3 Å². The maximum Gasteiger partial charge on any atom is 0.416 e. The number of phenolic OH excluding ortho intramolecular Hbond substituents is 1. The number of aromatic amines is 1. The van der Waals surface area contributed by atoms with Crippen LogP contribution in [0.5, 0.6) is 11.5 Å². The van der Waals surface area contributed by atoms with Gasteiger partial charge in [0.2, 0.25) is 0 Å². The molecule has 156 valence electrons. The van der Waals surface area contributed by atoms with Crippen molar-refractivity contribution >= 4 is 40.2 Å². The lowest BCUT2D eigenvalue weighted by molar-refractivity contribution is 0.135. The number of carbonyl (C=O) groups is 1. The molecular weight excluding hydrogens is 435 g/mol. The number of hydrogen-bond donors (Lipinski definition) is 2. The van der Waals surface area contributed by atoms with Crippen LogP contribution in [0.1, 0.15) is 22.9 Å². The van der Waals surface area contributed by atoms with Gasteiger partial charge >= 0.3 is 6.09 Å². The summed E-state index contributed by atoms with van der Waals surface area (Å²) in [4.78, 5) is 18.3. The van der Waals surface area contributed by atoms with Crippen molar-refractivity contribution in [3.63, 3.8) is 0 Å². The van der Waals surface area contributed by atoms with E-state index < -0.39 is 12.1 Å². The zero-order chi connectivity index (χ0) is 21.5. The lowest BCUT2D eigenvalue weighted by Gasteiger charge is -2.35. The van der Waals surface area contributed by atoms with Gasteiger partial charge in [0.05, 0.1) is 0 Å². The second-order valence-electron chi connectivity index (χ2n) is 7.47. The van der Waals surface area contributed by atoms with Crippen molar-refractivity contribution in [1.29, 1.82) is 0 Å². The van der Waals surface area contributed by atoms with Gasteiger partial charge in [0.25, 0.3) is 0 Å². The second-order valence-corrected chi connectivity index (χ2v) is 8.34. The van der Waals surface area contributed by atoms with Gasteiger partial charge in [0.1, 0.15) is 17.5 Å². The van der Waals surface area contributed by atoms with Crippen LogP contribution in [0, 0.1) is 0 Å². The summed E-state index contributed by atoms with van der Waals surface area (Å²) in [7, 11) is 0. The second kappa shape index (κ2) is 7.84. The molecule has 4 aromatic rings. The minimum absolute atomic E-state index is 0.165. The van der Waals surface area contributed by atoms with Crippen molar-refractivity contribution in [3.05, 3.63) is 93.6 Å². The average molecular weight is 453 g/mol. The molecule has 0 saturated carbocycles. The summed E-state index contributed by atoms with van der Waals surface area (Å²) in [5, 5.41) is 12.0. The van der Waals surface area contributed by atoms with E-state index in [4.69, 9.17) is 27.9 Å². The number of phenols is 1. The van der Waals surface area contributed by atoms with E-state index in [0.717, 1.165) is 27.7 Å². The summed E-state index contributed by atoms with van der Waals surface area (Å²) >= 11 is 12.2. The normalized spacial score (nSPS) is 15.7. The molecule has 2 heterocycles. The molecule has 1 atom stereocenters. The van der Waals surface area contributed by atoms with Crippen molar-refractivity contribution in [2.45, 2.75) is 12.5 Å². The quantitative estimate of drug-likeness (QED) is 0.373. The first-order valence-electron chi connectivity index (χ1n) is 9.82. The van der Waals surface area contributed by atoms with E-state index in [2.05, 4.69) is 4.98 Å². The smallest absolute Gasteiger partial charge is 0.416 e. The van der Waals surface area contributed by atoms with Crippen LogP contribution >= 0.6 is 23.2 Å². The molecule has 1 unspecified atom stereocenters.